The van der Waals surface area contributed by atoms with Crippen LogP contribution in [0.25, 0.3) is 4.96 Å². The zero-order valence-corrected chi connectivity index (χ0v) is 14.8. The maximum atomic E-state index is 13.5. The molecule has 2 aromatic heterocycles. The van der Waals surface area contributed by atoms with Crippen LogP contribution >= 0.6 is 22.9 Å². The zero-order valence-electron chi connectivity index (χ0n) is 13.2. The third-order valence-electron chi connectivity index (χ3n) is 3.51. The van der Waals surface area contributed by atoms with Gasteiger partial charge >= 0.3 is 5.97 Å². The lowest BCUT2D eigenvalue weighted by Crippen LogP contribution is -2.30. The van der Waals surface area contributed by atoms with Crippen LogP contribution in [0.2, 0.25) is 5.15 Å². The molecule has 6 nitrogen and oxygen atoms in total. The van der Waals surface area contributed by atoms with Gasteiger partial charge in [0.25, 0.3) is 5.91 Å². The van der Waals surface area contributed by atoms with Gasteiger partial charge < -0.3 is 10.1 Å². The van der Waals surface area contributed by atoms with Crippen molar-refractivity contribution in [2.75, 3.05) is 5.32 Å². The van der Waals surface area contributed by atoms with E-state index in [-0.39, 0.29) is 16.5 Å². The van der Waals surface area contributed by atoms with Crippen LogP contribution in [0.1, 0.15) is 23.0 Å². The number of halogens is 2. The molecule has 0 aliphatic rings. The molecule has 9 heteroatoms. The summed E-state index contributed by atoms with van der Waals surface area (Å²) in [5, 5.41) is 4.25. The Hall–Kier alpha value is -2.45. The van der Waals surface area contributed by atoms with Gasteiger partial charge in [0.05, 0.1) is 0 Å². The Kier molecular flexibility index (Phi) is 4.73. The highest BCUT2D eigenvalue weighted by Crippen LogP contribution is 2.22. The molecule has 1 atom stereocenters. The number of hydrogen-bond donors (Lipinski definition) is 1. The van der Waals surface area contributed by atoms with Crippen molar-refractivity contribution in [3.8, 4) is 0 Å². The summed E-state index contributed by atoms with van der Waals surface area (Å²) in [5.74, 6) is -1.79. The lowest BCUT2D eigenvalue weighted by molar-refractivity contribution is -0.123. The predicted octanol–water partition coefficient (Wildman–Crippen LogP) is 3.68. The number of anilines is 1. The highest BCUT2D eigenvalue weighted by molar-refractivity contribution is 7.15. The number of esters is 1. The maximum absolute atomic E-state index is 13.5. The van der Waals surface area contributed by atoms with Crippen molar-refractivity contribution >= 4 is 45.5 Å². The van der Waals surface area contributed by atoms with Crippen molar-refractivity contribution in [1.82, 2.24) is 9.38 Å². The highest BCUT2D eigenvalue weighted by Gasteiger charge is 2.25. The highest BCUT2D eigenvalue weighted by atomic mass is 35.5. The van der Waals surface area contributed by atoms with Crippen LogP contribution in [0, 0.1) is 12.7 Å². The van der Waals surface area contributed by atoms with E-state index in [1.807, 2.05) is 0 Å². The topological polar surface area (TPSA) is 72.7 Å². The normalized spacial score (nSPS) is 12.2. The molecule has 0 saturated heterocycles. The van der Waals surface area contributed by atoms with Crippen LogP contribution in [0.4, 0.5) is 10.1 Å². The van der Waals surface area contributed by atoms with Gasteiger partial charge in [0, 0.05) is 17.3 Å². The minimum absolute atomic E-state index is 0.00469. The first-order valence-corrected chi connectivity index (χ1v) is 8.51. The maximum Gasteiger partial charge on any atom is 0.359 e. The second-order valence-corrected chi connectivity index (χ2v) is 6.54. The third kappa shape index (κ3) is 3.49. The van der Waals surface area contributed by atoms with Gasteiger partial charge in [-0.25, -0.2) is 14.2 Å². The monoisotopic (exact) mass is 381 g/mol. The van der Waals surface area contributed by atoms with Gasteiger partial charge in [-0.05, 0) is 31.5 Å². The van der Waals surface area contributed by atoms with E-state index in [1.165, 1.54) is 28.7 Å². The van der Waals surface area contributed by atoms with E-state index in [0.29, 0.717) is 10.5 Å². The Balaban J connectivity index is 1.70. The third-order valence-corrected chi connectivity index (χ3v) is 4.53. The summed E-state index contributed by atoms with van der Waals surface area (Å²) in [5.41, 5.74) is 0.796. The standard InChI is InChI=1S/C16H13ClFN3O3S/c1-8-3-4-10(7-11(8)18)19-14(22)9(2)24-15(23)12-13(17)20-16-21(12)5-6-25-16/h3-7,9H,1-2H3,(H,19,22)/t9-/m1/s1. The summed E-state index contributed by atoms with van der Waals surface area (Å²) < 4.78 is 20.2. The Morgan fingerprint density at radius 3 is 2.92 bits per heavy atom. The Morgan fingerprint density at radius 2 is 2.20 bits per heavy atom. The van der Waals surface area contributed by atoms with Gasteiger partial charge in [-0.1, -0.05) is 17.7 Å². The number of imidazole rings is 1. The van der Waals surface area contributed by atoms with Gasteiger partial charge in [0.1, 0.15) is 5.82 Å². The van der Waals surface area contributed by atoms with Gasteiger partial charge in [-0.15, -0.1) is 11.3 Å². The van der Waals surface area contributed by atoms with Gasteiger partial charge in [-0.3, -0.25) is 9.20 Å². The molecular formula is C16H13ClFN3O3S. The van der Waals surface area contributed by atoms with Crippen molar-refractivity contribution < 1.29 is 18.7 Å². The number of benzene rings is 1. The van der Waals surface area contributed by atoms with Crippen LogP contribution in [-0.2, 0) is 9.53 Å². The number of carbonyl (C=O) groups is 2. The van der Waals surface area contributed by atoms with E-state index in [1.54, 1.807) is 30.6 Å². The summed E-state index contributed by atoms with van der Waals surface area (Å²) in [7, 11) is 0. The van der Waals surface area contributed by atoms with Crippen molar-refractivity contribution in [3.63, 3.8) is 0 Å². The van der Waals surface area contributed by atoms with E-state index in [4.69, 9.17) is 16.3 Å². The fraction of sp³-hybridized carbons (Fsp3) is 0.188. The molecule has 25 heavy (non-hydrogen) atoms. The first kappa shape index (κ1) is 17.4. The van der Waals surface area contributed by atoms with Crippen LogP contribution in [0.3, 0.4) is 0 Å². The van der Waals surface area contributed by atoms with E-state index in [2.05, 4.69) is 10.3 Å². The number of carbonyl (C=O) groups excluding carboxylic acids is 2. The molecule has 0 fully saturated rings. The summed E-state index contributed by atoms with van der Waals surface area (Å²) in [6.45, 7) is 3.03. The molecule has 1 N–H and O–H groups in total. The van der Waals surface area contributed by atoms with Gasteiger partial charge in [0.15, 0.2) is 21.9 Å². The number of ether oxygens (including phenoxy) is 1. The number of thiazole rings is 1. The molecule has 0 bridgehead atoms. The quantitative estimate of drug-likeness (QED) is 0.700. The Morgan fingerprint density at radius 1 is 1.44 bits per heavy atom. The van der Waals surface area contributed by atoms with E-state index < -0.39 is 23.8 Å². The predicted molar refractivity (Wildman–Crippen MR) is 92.7 cm³/mol. The van der Waals surface area contributed by atoms with Crippen molar-refractivity contribution in [1.29, 1.82) is 0 Å². The van der Waals surface area contributed by atoms with E-state index in [9.17, 15) is 14.0 Å². The van der Waals surface area contributed by atoms with Gasteiger partial charge in [-0.2, -0.15) is 0 Å². The second kappa shape index (κ2) is 6.81. The summed E-state index contributed by atoms with van der Waals surface area (Å²) in [6.07, 6.45) is 0.534. The first-order chi connectivity index (χ1) is 11.9. The molecule has 3 aromatic rings. The number of rotatable bonds is 4. The van der Waals surface area contributed by atoms with Crippen molar-refractivity contribution in [2.24, 2.45) is 0 Å². The smallest absolute Gasteiger partial charge is 0.359 e. The number of aromatic nitrogens is 2. The molecule has 0 spiro atoms. The molecule has 2 heterocycles. The minimum atomic E-state index is -1.10. The lowest BCUT2D eigenvalue weighted by atomic mass is 10.2. The summed E-state index contributed by atoms with van der Waals surface area (Å²) in [4.78, 5) is 29.0. The van der Waals surface area contributed by atoms with Crippen LogP contribution in [-0.4, -0.2) is 27.4 Å². The molecule has 1 aromatic carbocycles. The lowest BCUT2D eigenvalue weighted by Gasteiger charge is -2.13. The zero-order chi connectivity index (χ0) is 18.1. The average Bonchev–Trinajstić information content (AvgIpc) is 3.10. The molecule has 0 aliphatic carbocycles. The van der Waals surface area contributed by atoms with Crippen LogP contribution in [0.15, 0.2) is 29.8 Å². The molecule has 0 unspecified atom stereocenters. The molecule has 3 rings (SSSR count). The molecule has 0 radical (unpaired) electrons. The molecule has 0 aliphatic heterocycles. The molecule has 1 amide bonds. The number of hydrogen-bond acceptors (Lipinski definition) is 5. The Labute approximate surface area is 151 Å². The molecule has 0 saturated carbocycles. The Bertz CT molecular complexity index is 969. The number of nitrogens with zero attached hydrogens (tertiary/aromatic N) is 2. The fourth-order valence-corrected chi connectivity index (χ4v) is 3.14. The van der Waals surface area contributed by atoms with Crippen molar-refractivity contribution in [2.45, 2.75) is 20.0 Å². The first-order valence-electron chi connectivity index (χ1n) is 7.26. The molecular weight excluding hydrogens is 369 g/mol. The number of aryl methyl sites for hydroxylation is 1. The van der Waals surface area contributed by atoms with Crippen LogP contribution < -0.4 is 5.32 Å². The number of nitrogens with one attached hydrogen (secondary N) is 1. The molecule has 130 valence electrons. The summed E-state index contributed by atoms with van der Waals surface area (Å²) >= 11 is 7.27. The minimum Gasteiger partial charge on any atom is -0.448 e. The van der Waals surface area contributed by atoms with Crippen molar-refractivity contribution in [3.05, 3.63) is 52.0 Å². The number of amides is 1. The largest absolute Gasteiger partial charge is 0.448 e. The summed E-state index contributed by atoms with van der Waals surface area (Å²) in [6, 6.07) is 4.30. The second-order valence-electron chi connectivity index (χ2n) is 5.31. The SMILES string of the molecule is Cc1ccc(NC(=O)[C@@H](C)OC(=O)c2c(Cl)nc3sccn23)cc1F. The van der Waals surface area contributed by atoms with Gasteiger partial charge in [0.2, 0.25) is 0 Å². The number of fused-ring (bicyclic) bond motifs is 1. The average molecular weight is 382 g/mol. The van der Waals surface area contributed by atoms with E-state index >= 15 is 0 Å². The fourth-order valence-electron chi connectivity index (χ4n) is 2.13. The van der Waals surface area contributed by atoms with E-state index in [0.717, 1.165) is 0 Å². The van der Waals surface area contributed by atoms with Crippen LogP contribution in [0.5, 0.6) is 0 Å².